The van der Waals surface area contributed by atoms with Gasteiger partial charge in [0.15, 0.2) is 17.5 Å². The Bertz CT molecular complexity index is 678. The van der Waals surface area contributed by atoms with Crippen LogP contribution in [0.2, 0.25) is 0 Å². The van der Waals surface area contributed by atoms with E-state index in [0.717, 1.165) is 25.3 Å². The molecule has 0 fully saturated rings. The molecule has 150 valence electrons. The topological polar surface area (TPSA) is 88.3 Å². The average Bonchev–Trinajstić information content (AvgIpc) is 3.17. The Morgan fingerprint density at radius 1 is 1.22 bits per heavy atom. The van der Waals surface area contributed by atoms with Crippen molar-refractivity contribution in [3.05, 3.63) is 47.9 Å². The molecule has 27 heavy (non-hydrogen) atoms. The van der Waals surface area contributed by atoms with Crippen LogP contribution in [0.25, 0.3) is 0 Å². The second-order valence-electron chi connectivity index (χ2n) is 5.58. The van der Waals surface area contributed by atoms with E-state index in [1.807, 2.05) is 31.2 Å². The zero-order valence-corrected chi connectivity index (χ0v) is 18.1. The lowest BCUT2D eigenvalue weighted by atomic mass is 10.2. The third-order valence-corrected chi connectivity index (χ3v) is 3.64. The Hall–Kier alpha value is -1.94. The number of rotatable bonds is 10. The second-order valence-corrected chi connectivity index (χ2v) is 5.58. The molecule has 0 amide bonds. The summed E-state index contributed by atoms with van der Waals surface area (Å²) in [4.78, 5) is 4.50. The maximum atomic E-state index is 10.1. The van der Waals surface area contributed by atoms with Crippen molar-refractivity contribution in [2.24, 2.45) is 4.99 Å². The van der Waals surface area contributed by atoms with Gasteiger partial charge in [0.1, 0.15) is 12.4 Å². The molecular formula is C19H28IN3O4. The van der Waals surface area contributed by atoms with E-state index in [2.05, 4.69) is 15.6 Å². The number of aliphatic imine (C=N–C) groups is 1. The fourth-order valence-corrected chi connectivity index (χ4v) is 2.31. The predicted molar refractivity (Wildman–Crippen MR) is 116 cm³/mol. The van der Waals surface area contributed by atoms with Crippen molar-refractivity contribution in [3.63, 3.8) is 0 Å². The molecule has 1 aromatic heterocycles. The highest BCUT2D eigenvalue weighted by atomic mass is 127. The summed E-state index contributed by atoms with van der Waals surface area (Å²) in [5.41, 5.74) is 0.711. The highest BCUT2D eigenvalue weighted by Crippen LogP contribution is 2.29. The van der Waals surface area contributed by atoms with Crippen LogP contribution in [0, 0.1) is 0 Å². The van der Waals surface area contributed by atoms with Gasteiger partial charge in [0.25, 0.3) is 0 Å². The number of ether oxygens (including phenoxy) is 2. The molecule has 7 nitrogen and oxygen atoms in total. The number of aromatic hydroxyl groups is 1. The van der Waals surface area contributed by atoms with Gasteiger partial charge in [-0.15, -0.1) is 24.0 Å². The van der Waals surface area contributed by atoms with Crippen molar-refractivity contribution in [2.75, 3.05) is 26.8 Å². The molecule has 0 aliphatic heterocycles. The van der Waals surface area contributed by atoms with Crippen LogP contribution in [0.4, 0.5) is 0 Å². The number of nitrogens with one attached hydrogen (secondary N) is 2. The summed E-state index contributed by atoms with van der Waals surface area (Å²) in [6.45, 7) is 4.96. The summed E-state index contributed by atoms with van der Waals surface area (Å²) in [6.07, 6.45) is 2.48. The highest BCUT2D eigenvalue weighted by Gasteiger charge is 2.07. The predicted octanol–water partition coefficient (Wildman–Crippen LogP) is 3.27. The van der Waals surface area contributed by atoms with Gasteiger partial charge >= 0.3 is 0 Å². The van der Waals surface area contributed by atoms with Crippen LogP contribution in [0.15, 0.2) is 46.0 Å². The molecule has 0 saturated heterocycles. The van der Waals surface area contributed by atoms with Crippen LogP contribution in [-0.2, 0) is 17.9 Å². The van der Waals surface area contributed by atoms with Gasteiger partial charge in [-0.25, -0.2) is 4.99 Å². The number of benzene rings is 1. The number of para-hydroxylation sites is 1. The van der Waals surface area contributed by atoms with Crippen LogP contribution >= 0.6 is 24.0 Å². The zero-order valence-electron chi connectivity index (χ0n) is 15.7. The van der Waals surface area contributed by atoms with Crippen LogP contribution in [0.1, 0.15) is 24.7 Å². The van der Waals surface area contributed by atoms with Crippen LogP contribution < -0.4 is 15.4 Å². The van der Waals surface area contributed by atoms with E-state index in [9.17, 15) is 5.11 Å². The van der Waals surface area contributed by atoms with Gasteiger partial charge in [-0.1, -0.05) is 12.1 Å². The van der Waals surface area contributed by atoms with E-state index in [4.69, 9.17) is 13.9 Å². The van der Waals surface area contributed by atoms with Crippen LogP contribution in [0.5, 0.6) is 11.5 Å². The van der Waals surface area contributed by atoms with Crippen molar-refractivity contribution in [2.45, 2.75) is 26.5 Å². The van der Waals surface area contributed by atoms with E-state index in [1.54, 1.807) is 12.3 Å². The second kappa shape index (κ2) is 13.3. The van der Waals surface area contributed by atoms with Crippen LogP contribution in [0.3, 0.4) is 0 Å². The number of halogens is 1. The van der Waals surface area contributed by atoms with E-state index in [1.165, 1.54) is 7.11 Å². The summed E-state index contributed by atoms with van der Waals surface area (Å²) >= 11 is 0. The monoisotopic (exact) mass is 489 g/mol. The molecule has 1 heterocycles. The van der Waals surface area contributed by atoms with Crippen molar-refractivity contribution in [1.82, 2.24) is 10.6 Å². The minimum absolute atomic E-state index is 0. The summed E-state index contributed by atoms with van der Waals surface area (Å²) < 4.78 is 15.9. The van der Waals surface area contributed by atoms with Crippen molar-refractivity contribution >= 4 is 29.9 Å². The van der Waals surface area contributed by atoms with Crippen molar-refractivity contribution in [1.29, 1.82) is 0 Å². The summed E-state index contributed by atoms with van der Waals surface area (Å²) in [6, 6.07) is 9.12. The number of methoxy groups -OCH3 is 1. The van der Waals surface area contributed by atoms with Crippen molar-refractivity contribution < 1.29 is 19.0 Å². The molecule has 3 N–H and O–H groups in total. The largest absolute Gasteiger partial charge is 0.504 e. The SMILES string of the molecule is CCNC(=NCc1cccc(OC)c1O)NCCCOCc1ccco1.I. The molecule has 0 atom stereocenters. The van der Waals surface area contributed by atoms with Crippen molar-refractivity contribution in [3.8, 4) is 11.5 Å². The van der Waals surface area contributed by atoms with E-state index in [0.29, 0.717) is 37.0 Å². The highest BCUT2D eigenvalue weighted by molar-refractivity contribution is 14.0. The fraction of sp³-hybridized carbons (Fsp3) is 0.421. The number of hydrogen-bond donors (Lipinski definition) is 3. The van der Waals surface area contributed by atoms with Gasteiger partial charge in [-0.05, 0) is 31.5 Å². The number of phenols is 1. The molecule has 2 rings (SSSR count). The first-order chi connectivity index (χ1) is 12.7. The third-order valence-electron chi connectivity index (χ3n) is 3.64. The maximum absolute atomic E-state index is 10.1. The molecule has 0 spiro atoms. The summed E-state index contributed by atoms with van der Waals surface area (Å²) in [5.74, 6) is 2.09. The Morgan fingerprint density at radius 2 is 2.07 bits per heavy atom. The Morgan fingerprint density at radius 3 is 2.78 bits per heavy atom. The van der Waals surface area contributed by atoms with E-state index in [-0.39, 0.29) is 29.7 Å². The van der Waals surface area contributed by atoms with E-state index >= 15 is 0 Å². The fourth-order valence-electron chi connectivity index (χ4n) is 2.31. The van der Waals surface area contributed by atoms with Gasteiger partial charge in [-0.3, -0.25) is 0 Å². The Labute approximate surface area is 177 Å². The lowest BCUT2D eigenvalue weighted by Crippen LogP contribution is -2.38. The summed E-state index contributed by atoms with van der Waals surface area (Å²) in [7, 11) is 1.53. The van der Waals surface area contributed by atoms with E-state index < -0.39 is 0 Å². The summed E-state index contributed by atoms with van der Waals surface area (Å²) in [5, 5.41) is 16.6. The molecule has 0 unspecified atom stereocenters. The van der Waals surface area contributed by atoms with Crippen LogP contribution in [-0.4, -0.2) is 37.9 Å². The molecule has 1 aromatic carbocycles. The molecule has 0 aliphatic rings. The smallest absolute Gasteiger partial charge is 0.191 e. The number of guanidine groups is 1. The normalized spacial score (nSPS) is 11.0. The molecule has 2 aromatic rings. The molecule has 0 radical (unpaired) electrons. The molecular weight excluding hydrogens is 461 g/mol. The Kier molecular flexibility index (Phi) is 11.3. The molecule has 0 saturated carbocycles. The Balaban J connectivity index is 0.00000364. The number of furan rings is 1. The quantitative estimate of drug-likeness (QED) is 0.206. The van der Waals surface area contributed by atoms with Gasteiger partial charge in [0.2, 0.25) is 0 Å². The maximum Gasteiger partial charge on any atom is 0.191 e. The minimum atomic E-state index is 0. The first kappa shape index (κ1) is 23.1. The zero-order chi connectivity index (χ0) is 18.6. The minimum Gasteiger partial charge on any atom is -0.504 e. The van der Waals surface area contributed by atoms with Gasteiger partial charge < -0.3 is 29.6 Å². The number of hydrogen-bond acceptors (Lipinski definition) is 5. The molecule has 0 bridgehead atoms. The molecule has 8 heteroatoms. The lowest BCUT2D eigenvalue weighted by molar-refractivity contribution is 0.105. The lowest BCUT2D eigenvalue weighted by Gasteiger charge is -2.12. The van der Waals surface area contributed by atoms with Gasteiger partial charge in [0, 0.05) is 25.3 Å². The first-order valence-corrected chi connectivity index (χ1v) is 8.71. The number of phenolic OH excluding ortho intramolecular Hbond substituents is 1. The standard InChI is InChI=1S/C19H27N3O4.HI/c1-3-20-19(21-10-6-11-25-14-16-8-5-12-26-16)22-13-15-7-4-9-17(24-2)18(15)23;/h4-5,7-9,12,23H,3,6,10-11,13-14H2,1-2H3,(H2,20,21,22);1H. The van der Waals surface area contributed by atoms with Gasteiger partial charge in [-0.2, -0.15) is 0 Å². The third kappa shape index (κ3) is 8.08. The number of nitrogens with zero attached hydrogens (tertiary/aromatic N) is 1. The van der Waals surface area contributed by atoms with Gasteiger partial charge in [0.05, 0.1) is 19.9 Å². The molecule has 0 aliphatic carbocycles. The first-order valence-electron chi connectivity index (χ1n) is 8.71. The average molecular weight is 489 g/mol.